The Hall–Kier alpha value is -3.90. The fourth-order valence-corrected chi connectivity index (χ4v) is 4.68. The van der Waals surface area contributed by atoms with Crippen molar-refractivity contribution in [1.29, 1.82) is 0 Å². The van der Waals surface area contributed by atoms with Crippen molar-refractivity contribution < 1.29 is 17.9 Å². The number of benzene rings is 4. The van der Waals surface area contributed by atoms with Crippen LogP contribution >= 0.6 is 0 Å². The van der Waals surface area contributed by atoms with E-state index in [2.05, 4.69) is 5.32 Å². The lowest BCUT2D eigenvalue weighted by Crippen LogP contribution is -2.22. The number of carbonyl (C=O) groups excluding carboxylic acids is 1. The third-order valence-corrected chi connectivity index (χ3v) is 6.71. The van der Waals surface area contributed by atoms with Crippen LogP contribution in [0.1, 0.15) is 21.5 Å². The zero-order chi connectivity index (χ0) is 23.1. The van der Waals surface area contributed by atoms with Crippen LogP contribution in [-0.4, -0.2) is 14.3 Å². The van der Waals surface area contributed by atoms with Gasteiger partial charge in [0, 0.05) is 12.1 Å². The Morgan fingerprint density at radius 2 is 1.33 bits per heavy atom. The molecule has 1 N–H and O–H groups in total. The lowest BCUT2D eigenvalue weighted by molar-refractivity contribution is 0.0951. The lowest BCUT2D eigenvalue weighted by atomic mass is 10.1. The van der Waals surface area contributed by atoms with E-state index in [9.17, 15) is 13.2 Å². The summed E-state index contributed by atoms with van der Waals surface area (Å²) in [5, 5.41) is 2.89. The van der Waals surface area contributed by atoms with Gasteiger partial charge in [-0.1, -0.05) is 60.7 Å². The van der Waals surface area contributed by atoms with Crippen molar-refractivity contribution in [3.8, 4) is 11.5 Å². The SMILES string of the molecule is O=C(NCc1cccc(Oc2ccccc2)c1)c1ccc(CS(=O)(=O)c2ccccc2)cc1. The first kappa shape index (κ1) is 22.3. The van der Waals surface area contributed by atoms with E-state index in [1.807, 2.05) is 54.6 Å². The molecule has 166 valence electrons. The van der Waals surface area contributed by atoms with Gasteiger partial charge >= 0.3 is 0 Å². The molecule has 4 rings (SSSR count). The summed E-state index contributed by atoms with van der Waals surface area (Å²) in [4.78, 5) is 12.8. The maximum atomic E-state index is 12.6. The summed E-state index contributed by atoms with van der Waals surface area (Å²) < 4.78 is 30.9. The molecule has 0 aliphatic heterocycles. The van der Waals surface area contributed by atoms with Crippen LogP contribution in [0, 0.1) is 0 Å². The van der Waals surface area contributed by atoms with E-state index in [1.165, 1.54) is 0 Å². The number of nitrogens with one attached hydrogen (secondary N) is 1. The molecule has 0 saturated heterocycles. The molecule has 1 amide bonds. The molecule has 5 nitrogen and oxygen atoms in total. The van der Waals surface area contributed by atoms with Crippen molar-refractivity contribution in [3.05, 3.63) is 126 Å². The van der Waals surface area contributed by atoms with Gasteiger partial charge in [-0.05, 0) is 59.7 Å². The van der Waals surface area contributed by atoms with Crippen LogP contribution in [-0.2, 0) is 22.1 Å². The van der Waals surface area contributed by atoms with Crippen LogP contribution in [0.25, 0.3) is 0 Å². The lowest BCUT2D eigenvalue weighted by Gasteiger charge is -2.09. The smallest absolute Gasteiger partial charge is 0.251 e. The van der Waals surface area contributed by atoms with Gasteiger partial charge in [-0.3, -0.25) is 4.79 Å². The molecule has 0 heterocycles. The number of sulfone groups is 1. The number of rotatable bonds is 8. The van der Waals surface area contributed by atoms with Gasteiger partial charge in [0.05, 0.1) is 10.6 Å². The highest BCUT2D eigenvalue weighted by molar-refractivity contribution is 7.90. The molecule has 0 fully saturated rings. The van der Waals surface area contributed by atoms with Gasteiger partial charge in [0.15, 0.2) is 9.84 Å². The Bertz CT molecular complexity index is 1320. The Morgan fingerprint density at radius 1 is 0.697 bits per heavy atom. The zero-order valence-electron chi connectivity index (χ0n) is 17.8. The number of para-hydroxylation sites is 1. The van der Waals surface area contributed by atoms with Crippen LogP contribution in [0.4, 0.5) is 0 Å². The minimum atomic E-state index is -3.43. The van der Waals surface area contributed by atoms with Crippen LogP contribution < -0.4 is 10.1 Å². The molecule has 0 aliphatic rings. The number of hydrogen-bond acceptors (Lipinski definition) is 4. The Kier molecular flexibility index (Phi) is 6.86. The van der Waals surface area contributed by atoms with E-state index in [1.54, 1.807) is 54.6 Å². The summed E-state index contributed by atoms with van der Waals surface area (Å²) in [5.74, 6) is 1.08. The van der Waals surface area contributed by atoms with E-state index in [0.29, 0.717) is 23.4 Å². The van der Waals surface area contributed by atoms with Crippen LogP contribution in [0.15, 0.2) is 114 Å². The molecule has 0 saturated carbocycles. The highest BCUT2D eigenvalue weighted by Gasteiger charge is 2.15. The van der Waals surface area contributed by atoms with Gasteiger partial charge in [-0.2, -0.15) is 0 Å². The molecule has 0 radical (unpaired) electrons. The predicted octanol–water partition coefficient (Wildman–Crippen LogP) is 5.38. The van der Waals surface area contributed by atoms with Gasteiger partial charge in [0.2, 0.25) is 0 Å². The first-order chi connectivity index (χ1) is 16.0. The average Bonchev–Trinajstić information content (AvgIpc) is 2.84. The molecule has 0 unspecified atom stereocenters. The summed E-state index contributed by atoms with van der Waals surface area (Å²) >= 11 is 0. The third-order valence-electron chi connectivity index (χ3n) is 5.01. The maximum absolute atomic E-state index is 12.6. The monoisotopic (exact) mass is 457 g/mol. The molecule has 4 aromatic rings. The van der Waals surface area contributed by atoms with Crippen LogP contribution in [0.3, 0.4) is 0 Å². The average molecular weight is 458 g/mol. The summed E-state index contributed by atoms with van der Waals surface area (Å²) in [6.45, 7) is 0.342. The second-order valence-electron chi connectivity index (χ2n) is 7.51. The van der Waals surface area contributed by atoms with Crippen molar-refractivity contribution in [3.63, 3.8) is 0 Å². The number of carbonyl (C=O) groups is 1. The molecule has 0 bridgehead atoms. The van der Waals surface area contributed by atoms with Gasteiger partial charge < -0.3 is 10.1 Å². The Balaban J connectivity index is 1.35. The quantitative estimate of drug-likeness (QED) is 0.385. The van der Waals surface area contributed by atoms with E-state index in [-0.39, 0.29) is 16.6 Å². The molecular weight excluding hydrogens is 434 g/mol. The first-order valence-electron chi connectivity index (χ1n) is 10.5. The molecule has 4 aromatic carbocycles. The van der Waals surface area contributed by atoms with Crippen molar-refractivity contribution in [2.75, 3.05) is 0 Å². The van der Waals surface area contributed by atoms with Crippen molar-refractivity contribution in [2.45, 2.75) is 17.2 Å². The molecule has 33 heavy (non-hydrogen) atoms. The second kappa shape index (κ2) is 10.1. The van der Waals surface area contributed by atoms with Crippen LogP contribution in [0.5, 0.6) is 11.5 Å². The molecule has 0 spiro atoms. The highest BCUT2D eigenvalue weighted by atomic mass is 32.2. The summed E-state index contributed by atoms with van der Waals surface area (Å²) in [5.41, 5.74) is 2.00. The first-order valence-corrected chi connectivity index (χ1v) is 12.1. The summed E-state index contributed by atoms with van der Waals surface area (Å²) in [6.07, 6.45) is 0. The number of hydrogen-bond donors (Lipinski definition) is 1. The Morgan fingerprint density at radius 3 is 2.03 bits per heavy atom. The maximum Gasteiger partial charge on any atom is 0.251 e. The molecule has 0 aliphatic carbocycles. The fourth-order valence-electron chi connectivity index (χ4n) is 3.31. The molecule has 0 aromatic heterocycles. The van der Waals surface area contributed by atoms with E-state index in [0.717, 1.165) is 11.3 Å². The number of ether oxygens (including phenoxy) is 1. The molecule has 6 heteroatoms. The van der Waals surface area contributed by atoms with E-state index < -0.39 is 9.84 Å². The van der Waals surface area contributed by atoms with E-state index in [4.69, 9.17) is 4.74 Å². The van der Waals surface area contributed by atoms with Crippen molar-refractivity contribution >= 4 is 15.7 Å². The number of amides is 1. The molecule has 0 atom stereocenters. The summed E-state index contributed by atoms with van der Waals surface area (Å²) in [7, 11) is -3.43. The standard InChI is InChI=1S/C27H23NO4S/c29-27(28-19-22-8-7-11-25(18-22)32-24-9-3-1-4-10-24)23-16-14-21(15-17-23)20-33(30,31)26-12-5-2-6-13-26/h1-18H,19-20H2,(H,28,29). The van der Waals surface area contributed by atoms with E-state index >= 15 is 0 Å². The minimum Gasteiger partial charge on any atom is -0.457 e. The molecular formula is C27H23NO4S. The zero-order valence-corrected chi connectivity index (χ0v) is 18.7. The van der Waals surface area contributed by atoms with Crippen LogP contribution in [0.2, 0.25) is 0 Å². The largest absolute Gasteiger partial charge is 0.457 e. The van der Waals surface area contributed by atoms with Gasteiger partial charge in [-0.15, -0.1) is 0 Å². The second-order valence-corrected chi connectivity index (χ2v) is 9.50. The highest BCUT2D eigenvalue weighted by Crippen LogP contribution is 2.22. The topological polar surface area (TPSA) is 72.5 Å². The van der Waals surface area contributed by atoms with Crippen molar-refractivity contribution in [2.24, 2.45) is 0 Å². The predicted molar refractivity (Wildman–Crippen MR) is 128 cm³/mol. The summed E-state index contributed by atoms with van der Waals surface area (Å²) in [6, 6.07) is 32.0. The fraction of sp³-hybridized carbons (Fsp3) is 0.0741. The van der Waals surface area contributed by atoms with Gasteiger partial charge in [0.1, 0.15) is 11.5 Å². The third kappa shape index (κ3) is 6.08. The van der Waals surface area contributed by atoms with Gasteiger partial charge in [0.25, 0.3) is 5.91 Å². The van der Waals surface area contributed by atoms with Gasteiger partial charge in [-0.25, -0.2) is 8.42 Å². The van der Waals surface area contributed by atoms with Crippen molar-refractivity contribution in [1.82, 2.24) is 5.32 Å². The Labute approximate surface area is 193 Å². The minimum absolute atomic E-state index is 0.118. The normalized spacial score (nSPS) is 11.0.